The monoisotopic (exact) mass is 325 g/mol. The Morgan fingerprint density at radius 1 is 1.33 bits per heavy atom. The molecule has 0 radical (unpaired) electrons. The van der Waals surface area contributed by atoms with Gasteiger partial charge in [0.05, 0.1) is 31.1 Å². The molecular formula is C18H19N3O3. The number of aryl methyl sites for hydroxylation is 2. The number of benzene rings is 1. The highest BCUT2D eigenvalue weighted by atomic mass is 16.5. The average molecular weight is 325 g/mol. The van der Waals surface area contributed by atoms with Gasteiger partial charge in [0, 0.05) is 6.20 Å². The van der Waals surface area contributed by atoms with Crippen LogP contribution in [0.4, 0.5) is 5.69 Å². The summed E-state index contributed by atoms with van der Waals surface area (Å²) in [4.78, 5) is 12.3. The number of hydrogen-bond donors (Lipinski definition) is 1. The number of rotatable bonds is 5. The third-order valence-electron chi connectivity index (χ3n) is 3.66. The highest BCUT2D eigenvalue weighted by Gasteiger charge is 2.14. The molecule has 0 fully saturated rings. The lowest BCUT2D eigenvalue weighted by molar-refractivity contribution is 0.102. The molecule has 3 rings (SSSR count). The zero-order chi connectivity index (χ0) is 17.1. The van der Waals surface area contributed by atoms with E-state index in [0.717, 1.165) is 11.3 Å². The fraction of sp³-hybridized carbons (Fsp3) is 0.222. The molecule has 0 atom stereocenters. The predicted molar refractivity (Wildman–Crippen MR) is 90.5 cm³/mol. The van der Waals surface area contributed by atoms with Gasteiger partial charge in [0.15, 0.2) is 0 Å². The first-order chi connectivity index (χ1) is 11.5. The number of anilines is 1. The maximum absolute atomic E-state index is 12.3. The highest BCUT2D eigenvalue weighted by molar-refractivity contribution is 6.04. The number of aromatic nitrogens is 2. The molecule has 1 amide bonds. The van der Waals surface area contributed by atoms with E-state index < -0.39 is 0 Å². The van der Waals surface area contributed by atoms with Crippen molar-refractivity contribution >= 4 is 11.6 Å². The molecule has 6 nitrogen and oxygen atoms in total. The van der Waals surface area contributed by atoms with Gasteiger partial charge in [-0.15, -0.1) is 0 Å². The summed E-state index contributed by atoms with van der Waals surface area (Å²) in [5.74, 6) is 1.92. The molecule has 0 unspecified atom stereocenters. The van der Waals surface area contributed by atoms with E-state index >= 15 is 0 Å². The minimum absolute atomic E-state index is 0.203. The van der Waals surface area contributed by atoms with Gasteiger partial charge in [0.25, 0.3) is 5.91 Å². The summed E-state index contributed by atoms with van der Waals surface area (Å²) in [5, 5.41) is 7.11. The van der Waals surface area contributed by atoms with Gasteiger partial charge >= 0.3 is 0 Å². The van der Waals surface area contributed by atoms with Gasteiger partial charge < -0.3 is 14.5 Å². The number of nitrogens with zero attached hydrogens (tertiary/aromatic N) is 2. The number of furan rings is 1. The second-order valence-electron chi connectivity index (χ2n) is 5.56. The van der Waals surface area contributed by atoms with Gasteiger partial charge in [0.2, 0.25) is 0 Å². The van der Waals surface area contributed by atoms with Crippen LogP contribution < -0.4 is 10.1 Å². The van der Waals surface area contributed by atoms with Crippen LogP contribution in [0.25, 0.3) is 0 Å². The van der Waals surface area contributed by atoms with E-state index in [-0.39, 0.29) is 5.91 Å². The average Bonchev–Trinajstić information content (AvgIpc) is 3.13. The van der Waals surface area contributed by atoms with E-state index in [9.17, 15) is 4.79 Å². The number of amides is 1. The van der Waals surface area contributed by atoms with Crippen LogP contribution in [0.5, 0.6) is 5.75 Å². The van der Waals surface area contributed by atoms with E-state index in [1.807, 2.05) is 31.2 Å². The molecule has 1 aromatic carbocycles. The molecule has 24 heavy (non-hydrogen) atoms. The first-order valence-electron chi connectivity index (χ1n) is 7.59. The summed E-state index contributed by atoms with van der Waals surface area (Å²) in [5.41, 5.74) is 2.24. The SMILES string of the molecule is COc1cccc(Cn2cc(NC(=O)c3cc(C)oc3C)cn2)c1. The standard InChI is InChI=1S/C18H19N3O3/c1-12-7-17(13(2)24-12)18(22)20-15-9-19-21(11-15)10-14-5-4-6-16(8-14)23-3/h4-9,11H,10H2,1-3H3,(H,20,22). The van der Waals surface area contributed by atoms with Crippen molar-refractivity contribution < 1.29 is 13.9 Å². The Labute approximate surface area is 140 Å². The zero-order valence-corrected chi connectivity index (χ0v) is 13.9. The van der Waals surface area contributed by atoms with Crippen LogP contribution in [0.3, 0.4) is 0 Å². The van der Waals surface area contributed by atoms with Crippen molar-refractivity contribution in [2.45, 2.75) is 20.4 Å². The van der Waals surface area contributed by atoms with Crippen LogP contribution >= 0.6 is 0 Å². The molecule has 124 valence electrons. The zero-order valence-electron chi connectivity index (χ0n) is 13.9. The fourth-order valence-electron chi connectivity index (χ4n) is 2.53. The summed E-state index contributed by atoms with van der Waals surface area (Å²) in [6.45, 7) is 4.18. The molecule has 0 aliphatic heterocycles. The molecule has 0 spiro atoms. The lowest BCUT2D eigenvalue weighted by Gasteiger charge is -2.04. The Hall–Kier alpha value is -3.02. The summed E-state index contributed by atoms with van der Waals surface area (Å²) >= 11 is 0. The Bertz CT molecular complexity index is 864. The van der Waals surface area contributed by atoms with Crippen molar-refractivity contribution in [3.05, 3.63) is 65.4 Å². The van der Waals surface area contributed by atoms with Gasteiger partial charge in [-0.1, -0.05) is 12.1 Å². The molecular weight excluding hydrogens is 306 g/mol. The molecule has 0 bridgehead atoms. The van der Waals surface area contributed by atoms with Crippen molar-refractivity contribution in [3.8, 4) is 5.75 Å². The van der Waals surface area contributed by atoms with Gasteiger partial charge in [-0.3, -0.25) is 9.48 Å². The Balaban J connectivity index is 1.69. The first-order valence-corrected chi connectivity index (χ1v) is 7.59. The Morgan fingerprint density at radius 2 is 2.17 bits per heavy atom. The van der Waals surface area contributed by atoms with Crippen molar-refractivity contribution in [1.82, 2.24) is 9.78 Å². The number of methoxy groups -OCH3 is 1. The molecule has 1 N–H and O–H groups in total. The van der Waals surface area contributed by atoms with E-state index in [2.05, 4.69) is 10.4 Å². The van der Waals surface area contributed by atoms with E-state index in [0.29, 0.717) is 29.3 Å². The molecule has 0 aliphatic rings. The molecule has 0 saturated heterocycles. The Kier molecular flexibility index (Phi) is 4.37. The van der Waals surface area contributed by atoms with Crippen LogP contribution in [0, 0.1) is 13.8 Å². The smallest absolute Gasteiger partial charge is 0.259 e. The van der Waals surface area contributed by atoms with Gasteiger partial charge in [-0.05, 0) is 37.6 Å². The second kappa shape index (κ2) is 6.62. The van der Waals surface area contributed by atoms with Gasteiger partial charge in [-0.25, -0.2) is 0 Å². The lowest BCUT2D eigenvalue weighted by Crippen LogP contribution is -2.11. The normalized spacial score (nSPS) is 10.6. The first kappa shape index (κ1) is 15.9. The van der Waals surface area contributed by atoms with E-state index in [4.69, 9.17) is 9.15 Å². The lowest BCUT2D eigenvalue weighted by atomic mass is 10.2. The van der Waals surface area contributed by atoms with Gasteiger partial charge in [-0.2, -0.15) is 5.10 Å². The number of nitrogens with one attached hydrogen (secondary N) is 1. The van der Waals surface area contributed by atoms with Crippen LogP contribution in [0.1, 0.15) is 27.4 Å². The topological polar surface area (TPSA) is 69.3 Å². The third-order valence-corrected chi connectivity index (χ3v) is 3.66. The minimum Gasteiger partial charge on any atom is -0.497 e. The molecule has 0 aliphatic carbocycles. The van der Waals surface area contributed by atoms with Crippen LogP contribution in [0.15, 0.2) is 47.1 Å². The molecule has 0 saturated carbocycles. The number of carbonyl (C=O) groups excluding carboxylic acids is 1. The number of hydrogen-bond acceptors (Lipinski definition) is 4. The van der Waals surface area contributed by atoms with Crippen molar-refractivity contribution in [3.63, 3.8) is 0 Å². The summed E-state index contributed by atoms with van der Waals surface area (Å²) in [6.07, 6.45) is 3.42. The Morgan fingerprint density at radius 3 is 2.88 bits per heavy atom. The second-order valence-corrected chi connectivity index (χ2v) is 5.56. The molecule has 2 heterocycles. The van der Waals surface area contributed by atoms with E-state index in [1.54, 1.807) is 37.2 Å². The quantitative estimate of drug-likeness (QED) is 0.780. The van der Waals surface area contributed by atoms with Crippen molar-refractivity contribution in [2.75, 3.05) is 12.4 Å². The molecule has 3 aromatic rings. The van der Waals surface area contributed by atoms with E-state index in [1.165, 1.54) is 0 Å². The highest BCUT2D eigenvalue weighted by Crippen LogP contribution is 2.17. The van der Waals surface area contributed by atoms with Crippen LogP contribution in [0.2, 0.25) is 0 Å². The molecule has 2 aromatic heterocycles. The third kappa shape index (κ3) is 3.48. The van der Waals surface area contributed by atoms with Crippen LogP contribution in [-0.2, 0) is 6.54 Å². The summed E-state index contributed by atoms with van der Waals surface area (Å²) < 4.78 is 12.4. The van der Waals surface area contributed by atoms with Crippen molar-refractivity contribution in [2.24, 2.45) is 0 Å². The summed E-state index contributed by atoms with van der Waals surface area (Å²) in [6, 6.07) is 9.51. The maximum atomic E-state index is 12.3. The molecule has 6 heteroatoms. The number of ether oxygens (including phenoxy) is 1. The van der Waals surface area contributed by atoms with Gasteiger partial charge in [0.1, 0.15) is 17.3 Å². The van der Waals surface area contributed by atoms with Crippen molar-refractivity contribution in [1.29, 1.82) is 0 Å². The summed E-state index contributed by atoms with van der Waals surface area (Å²) in [7, 11) is 1.64. The number of carbonyl (C=O) groups is 1. The van der Waals surface area contributed by atoms with Crippen LogP contribution in [-0.4, -0.2) is 22.8 Å². The minimum atomic E-state index is -0.203. The fourth-order valence-corrected chi connectivity index (χ4v) is 2.53. The maximum Gasteiger partial charge on any atom is 0.259 e. The largest absolute Gasteiger partial charge is 0.497 e. The predicted octanol–water partition coefficient (Wildman–Crippen LogP) is 3.40.